The lowest BCUT2D eigenvalue weighted by Crippen LogP contribution is -2.20. The van der Waals surface area contributed by atoms with Gasteiger partial charge in [-0.3, -0.25) is 4.79 Å². The fourth-order valence-corrected chi connectivity index (χ4v) is 1.93. The van der Waals surface area contributed by atoms with E-state index in [0.717, 1.165) is 15.5 Å². The highest BCUT2D eigenvalue weighted by Gasteiger charge is 2.16. The zero-order chi connectivity index (χ0) is 11.0. The van der Waals surface area contributed by atoms with Crippen molar-refractivity contribution in [3.8, 4) is 0 Å². The number of nitrogens with one attached hydrogen (secondary N) is 1. The molecule has 15 heavy (non-hydrogen) atoms. The number of imidazole rings is 1. The first-order valence-corrected chi connectivity index (χ1v) is 5.00. The van der Waals surface area contributed by atoms with E-state index >= 15 is 0 Å². The Labute approximate surface area is 93.4 Å². The smallest absolute Gasteiger partial charge is 0.325 e. The summed E-state index contributed by atoms with van der Waals surface area (Å²) < 4.78 is 0.730. The van der Waals surface area contributed by atoms with Gasteiger partial charge in [0, 0.05) is 4.47 Å². The van der Waals surface area contributed by atoms with Gasteiger partial charge < -0.3 is 15.8 Å². The van der Waals surface area contributed by atoms with Gasteiger partial charge in [0.15, 0.2) is 0 Å². The quantitative estimate of drug-likeness (QED) is 0.769. The number of carboxylic acids is 1. The third-order valence-electron chi connectivity index (χ3n) is 2.12. The largest absolute Gasteiger partial charge is 0.480 e. The molecule has 0 fully saturated rings. The zero-order valence-corrected chi connectivity index (χ0v) is 9.15. The molecule has 0 saturated carbocycles. The number of fused-ring (bicyclic) bond motifs is 1. The lowest BCUT2D eigenvalue weighted by atomic mass is 10.1. The van der Waals surface area contributed by atoms with E-state index < -0.39 is 12.0 Å². The van der Waals surface area contributed by atoms with Crippen LogP contribution in [0, 0.1) is 0 Å². The van der Waals surface area contributed by atoms with Crippen LogP contribution in [0.1, 0.15) is 11.6 Å². The average Bonchev–Trinajstić information content (AvgIpc) is 2.64. The highest BCUT2D eigenvalue weighted by molar-refractivity contribution is 9.10. The van der Waals surface area contributed by atoms with Gasteiger partial charge in [0.2, 0.25) is 0 Å². The molecule has 0 spiro atoms. The molecular weight excluding hydrogens is 262 g/mol. The standard InChI is InChI=1S/C9H8BrN3O2/c10-5-1-4(7(11)9(14)15)2-6-8(5)13-3-12-6/h1-3,7H,11H2,(H,12,13)(H,14,15). The van der Waals surface area contributed by atoms with Gasteiger partial charge >= 0.3 is 5.97 Å². The molecule has 1 heterocycles. The van der Waals surface area contributed by atoms with E-state index in [0.29, 0.717) is 5.56 Å². The third kappa shape index (κ3) is 1.73. The summed E-state index contributed by atoms with van der Waals surface area (Å²) in [6, 6.07) is 2.34. The number of aromatic nitrogens is 2. The number of aromatic amines is 1. The number of nitrogens with zero attached hydrogens (tertiary/aromatic N) is 1. The molecular formula is C9H8BrN3O2. The van der Waals surface area contributed by atoms with E-state index in [1.807, 2.05) is 0 Å². The van der Waals surface area contributed by atoms with Crippen molar-refractivity contribution in [2.24, 2.45) is 5.73 Å². The topological polar surface area (TPSA) is 92.0 Å². The van der Waals surface area contributed by atoms with E-state index in [4.69, 9.17) is 10.8 Å². The molecule has 2 aromatic rings. The number of hydrogen-bond acceptors (Lipinski definition) is 3. The summed E-state index contributed by atoms with van der Waals surface area (Å²) in [5, 5.41) is 8.78. The Morgan fingerprint density at radius 2 is 2.33 bits per heavy atom. The second-order valence-electron chi connectivity index (χ2n) is 3.12. The Balaban J connectivity index is 2.58. The number of hydrogen-bond donors (Lipinski definition) is 3. The fraction of sp³-hybridized carbons (Fsp3) is 0.111. The van der Waals surface area contributed by atoms with Crippen molar-refractivity contribution in [2.45, 2.75) is 6.04 Å². The average molecular weight is 270 g/mol. The van der Waals surface area contributed by atoms with Crippen LogP contribution in [0.4, 0.5) is 0 Å². The molecule has 78 valence electrons. The van der Waals surface area contributed by atoms with E-state index in [1.54, 1.807) is 18.5 Å². The van der Waals surface area contributed by atoms with Crippen LogP contribution in [-0.2, 0) is 4.79 Å². The van der Waals surface area contributed by atoms with Crippen molar-refractivity contribution in [3.05, 3.63) is 28.5 Å². The minimum atomic E-state index is -1.05. The molecule has 0 saturated heterocycles. The lowest BCUT2D eigenvalue weighted by Gasteiger charge is -2.07. The molecule has 0 radical (unpaired) electrons. The van der Waals surface area contributed by atoms with Gasteiger partial charge in [-0.15, -0.1) is 0 Å². The summed E-state index contributed by atoms with van der Waals surface area (Å²) in [4.78, 5) is 17.7. The fourth-order valence-electron chi connectivity index (χ4n) is 1.35. The van der Waals surface area contributed by atoms with Crippen LogP contribution in [0.2, 0.25) is 0 Å². The summed E-state index contributed by atoms with van der Waals surface area (Å²) in [6.07, 6.45) is 1.55. The molecule has 0 aliphatic heterocycles. The second kappa shape index (κ2) is 3.63. The maximum absolute atomic E-state index is 10.7. The monoisotopic (exact) mass is 269 g/mol. The summed E-state index contributed by atoms with van der Waals surface area (Å²) in [7, 11) is 0. The van der Waals surface area contributed by atoms with Crippen LogP contribution in [-0.4, -0.2) is 21.0 Å². The van der Waals surface area contributed by atoms with Gasteiger partial charge in [-0.05, 0) is 33.6 Å². The van der Waals surface area contributed by atoms with Gasteiger partial charge in [0.1, 0.15) is 11.6 Å². The maximum atomic E-state index is 10.7. The van der Waals surface area contributed by atoms with Crippen molar-refractivity contribution in [2.75, 3.05) is 0 Å². The highest BCUT2D eigenvalue weighted by Crippen LogP contribution is 2.25. The predicted octanol–water partition coefficient (Wildman–Crippen LogP) is 1.41. The Morgan fingerprint density at radius 3 is 3.00 bits per heavy atom. The third-order valence-corrected chi connectivity index (χ3v) is 2.73. The van der Waals surface area contributed by atoms with Gasteiger partial charge in [0.05, 0.1) is 11.8 Å². The number of rotatable bonds is 2. The summed E-state index contributed by atoms with van der Waals surface area (Å²) >= 11 is 3.31. The summed E-state index contributed by atoms with van der Waals surface area (Å²) in [6.45, 7) is 0. The van der Waals surface area contributed by atoms with Gasteiger partial charge in [-0.1, -0.05) is 0 Å². The molecule has 0 aliphatic rings. The van der Waals surface area contributed by atoms with Gasteiger partial charge in [-0.2, -0.15) is 0 Å². The SMILES string of the molecule is NC(C(=O)O)c1cc(Br)c2nc[nH]c2c1. The molecule has 1 aromatic heterocycles. The molecule has 4 N–H and O–H groups in total. The first-order valence-electron chi connectivity index (χ1n) is 4.20. The lowest BCUT2D eigenvalue weighted by molar-refractivity contribution is -0.138. The number of halogens is 1. The van der Waals surface area contributed by atoms with E-state index in [-0.39, 0.29) is 0 Å². The molecule has 5 nitrogen and oxygen atoms in total. The predicted molar refractivity (Wildman–Crippen MR) is 58.4 cm³/mol. The molecule has 0 amide bonds. The van der Waals surface area contributed by atoms with E-state index in [9.17, 15) is 4.79 Å². The number of carbonyl (C=O) groups is 1. The highest BCUT2D eigenvalue weighted by atomic mass is 79.9. The number of H-pyrrole nitrogens is 1. The Hall–Kier alpha value is -1.40. The Morgan fingerprint density at radius 1 is 1.60 bits per heavy atom. The summed E-state index contributed by atoms with van der Waals surface area (Å²) in [5.74, 6) is -1.05. The molecule has 1 unspecified atom stereocenters. The van der Waals surface area contributed by atoms with Crippen molar-refractivity contribution in [3.63, 3.8) is 0 Å². The van der Waals surface area contributed by atoms with Crippen LogP contribution in [0.15, 0.2) is 22.9 Å². The first kappa shape index (κ1) is 10.1. The van der Waals surface area contributed by atoms with Gasteiger partial charge in [0.25, 0.3) is 0 Å². The Kier molecular flexibility index (Phi) is 2.45. The van der Waals surface area contributed by atoms with E-state index in [1.165, 1.54) is 0 Å². The molecule has 2 rings (SSSR count). The Bertz CT molecular complexity index is 523. The molecule has 0 aliphatic carbocycles. The second-order valence-corrected chi connectivity index (χ2v) is 3.97. The normalized spacial score (nSPS) is 12.9. The van der Waals surface area contributed by atoms with Crippen LogP contribution in [0.3, 0.4) is 0 Å². The molecule has 6 heteroatoms. The van der Waals surface area contributed by atoms with Crippen LogP contribution < -0.4 is 5.73 Å². The maximum Gasteiger partial charge on any atom is 0.325 e. The zero-order valence-electron chi connectivity index (χ0n) is 7.57. The number of benzene rings is 1. The first-order chi connectivity index (χ1) is 7.09. The number of nitrogens with two attached hydrogens (primary N) is 1. The number of aliphatic carboxylic acids is 1. The molecule has 1 aromatic carbocycles. The van der Waals surface area contributed by atoms with Crippen molar-refractivity contribution < 1.29 is 9.90 Å². The van der Waals surface area contributed by atoms with Gasteiger partial charge in [-0.25, -0.2) is 4.98 Å². The van der Waals surface area contributed by atoms with Crippen molar-refractivity contribution in [1.29, 1.82) is 0 Å². The van der Waals surface area contributed by atoms with Crippen LogP contribution in [0.25, 0.3) is 11.0 Å². The van der Waals surface area contributed by atoms with E-state index in [2.05, 4.69) is 25.9 Å². The van der Waals surface area contributed by atoms with Crippen molar-refractivity contribution >= 4 is 32.9 Å². The van der Waals surface area contributed by atoms with Crippen LogP contribution in [0.5, 0.6) is 0 Å². The minimum Gasteiger partial charge on any atom is -0.480 e. The van der Waals surface area contributed by atoms with Crippen molar-refractivity contribution in [1.82, 2.24) is 9.97 Å². The van der Waals surface area contributed by atoms with Crippen LogP contribution >= 0.6 is 15.9 Å². The minimum absolute atomic E-state index is 0.533. The molecule has 0 bridgehead atoms. The number of carboxylic acid groups (broad SMARTS) is 1. The summed E-state index contributed by atoms with van der Waals surface area (Å²) in [5.41, 5.74) is 7.57. The molecule has 1 atom stereocenters.